The van der Waals surface area contributed by atoms with Crippen LogP contribution in [0.3, 0.4) is 0 Å². The van der Waals surface area contributed by atoms with Crippen molar-refractivity contribution >= 4 is 18.8 Å². The highest BCUT2D eigenvalue weighted by Crippen LogP contribution is 2.36. The minimum absolute atomic E-state index is 0.0854. The Morgan fingerprint density at radius 1 is 1.10 bits per heavy atom. The Labute approximate surface area is 118 Å². The van der Waals surface area contributed by atoms with Gasteiger partial charge in [-0.3, -0.25) is 0 Å². The molecule has 0 saturated heterocycles. The van der Waals surface area contributed by atoms with Gasteiger partial charge in [-0.2, -0.15) is 13.2 Å². The van der Waals surface area contributed by atoms with Gasteiger partial charge < -0.3 is 9.78 Å². The van der Waals surface area contributed by atoms with Gasteiger partial charge in [0.05, 0.1) is 11.8 Å². The maximum Gasteiger partial charge on any atom is 0.583 e. The molecule has 21 heavy (non-hydrogen) atoms. The van der Waals surface area contributed by atoms with E-state index < -0.39 is 18.9 Å². The Morgan fingerprint density at radius 2 is 1.86 bits per heavy atom. The summed E-state index contributed by atoms with van der Waals surface area (Å²) >= 11 is 0. The maximum absolute atomic E-state index is 13.0. The molecule has 2 aromatic rings. The highest BCUT2D eigenvalue weighted by molar-refractivity contribution is 6.62. The molecular weight excluding hydrogens is 282 g/mol. The predicted octanol–water partition coefficient (Wildman–Crippen LogP) is 2.42. The molecule has 2 aromatic carbocycles. The lowest BCUT2D eigenvalue weighted by molar-refractivity contribution is -0.137. The summed E-state index contributed by atoms with van der Waals surface area (Å²) in [5.74, 6) is 0. The van der Waals surface area contributed by atoms with Crippen LogP contribution in [-0.4, -0.2) is 18.4 Å². The molecule has 0 unspecified atom stereocenters. The molecule has 0 saturated carbocycles. The molecular formula is C14H9BF3NO2. The first-order valence-corrected chi connectivity index (χ1v) is 6.14. The van der Waals surface area contributed by atoms with E-state index >= 15 is 0 Å². The maximum atomic E-state index is 13.0. The van der Waals surface area contributed by atoms with E-state index in [9.17, 15) is 18.2 Å². The van der Waals surface area contributed by atoms with Crippen LogP contribution in [0.25, 0.3) is 11.1 Å². The summed E-state index contributed by atoms with van der Waals surface area (Å²) in [6.07, 6.45) is -3.06. The van der Waals surface area contributed by atoms with Crippen molar-refractivity contribution in [2.45, 2.75) is 6.18 Å². The number of hydrogen-bond acceptors (Lipinski definition) is 3. The molecule has 0 aliphatic carbocycles. The summed E-state index contributed by atoms with van der Waals surface area (Å²) in [7, 11) is -1.20. The molecule has 0 aromatic heterocycles. The highest BCUT2D eigenvalue weighted by Gasteiger charge is 2.33. The van der Waals surface area contributed by atoms with Crippen molar-refractivity contribution < 1.29 is 23.0 Å². The van der Waals surface area contributed by atoms with Crippen LogP contribution in [0.15, 0.2) is 47.6 Å². The summed E-state index contributed by atoms with van der Waals surface area (Å²) in [5.41, 5.74) is 0.792. The monoisotopic (exact) mass is 291 g/mol. The largest absolute Gasteiger partial charge is 0.583 e. The Kier molecular flexibility index (Phi) is 3.21. The van der Waals surface area contributed by atoms with Gasteiger partial charge in [0.25, 0.3) is 0 Å². The third-order valence-corrected chi connectivity index (χ3v) is 3.25. The standard InChI is InChI=1S/C14H9BF3NO2/c16-14(17,18)12-4-2-1-3-11(12)9-5-6-13-10(7-9)8-19-21-15(13)20/h1-8,20H. The first kappa shape index (κ1) is 13.7. The van der Waals surface area contributed by atoms with Gasteiger partial charge in [-0.05, 0) is 28.8 Å². The predicted molar refractivity (Wildman–Crippen MR) is 73.2 cm³/mol. The molecule has 3 rings (SSSR count). The Hall–Kier alpha value is -2.28. The third-order valence-electron chi connectivity index (χ3n) is 3.25. The van der Waals surface area contributed by atoms with Crippen LogP contribution in [0, 0.1) is 0 Å². The zero-order chi connectivity index (χ0) is 15.0. The van der Waals surface area contributed by atoms with E-state index in [1.54, 1.807) is 12.1 Å². The van der Waals surface area contributed by atoms with Crippen LogP contribution in [-0.2, 0) is 10.9 Å². The van der Waals surface area contributed by atoms with Crippen LogP contribution in [0.2, 0.25) is 0 Å². The van der Waals surface area contributed by atoms with E-state index in [2.05, 4.69) is 9.91 Å². The van der Waals surface area contributed by atoms with Crippen molar-refractivity contribution in [3.05, 3.63) is 53.6 Å². The molecule has 1 heterocycles. The van der Waals surface area contributed by atoms with E-state index in [1.165, 1.54) is 30.5 Å². The van der Waals surface area contributed by atoms with Gasteiger partial charge in [-0.1, -0.05) is 30.3 Å². The normalized spacial score (nSPS) is 13.8. The van der Waals surface area contributed by atoms with Gasteiger partial charge in [0.15, 0.2) is 0 Å². The van der Waals surface area contributed by atoms with Crippen LogP contribution in [0.4, 0.5) is 13.2 Å². The molecule has 0 fully saturated rings. The van der Waals surface area contributed by atoms with Crippen LogP contribution < -0.4 is 5.46 Å². The number of fused-ring (bicyclic) bond motifs is 1. The summed E-state index contributed by atoms with van der Waals surface area (Å²) in [4.78, 5) is 0. The molecule has 0 spiro atoms. The number of halogens is 3. The zero-order valence-corrected chi connectivity index (χ0v) is 10.6. The molecule has 0 atom stereocenters. The van der Waals surface area contributed by atoms with Crippen molar-refractivity contribution in [3.8, 4) is 11.1 Å². The lowest BCUT2D eigenvalue weighted by atomic mass is 9.75. The Balaban J connectivity index is 2.13. The zero-order valence-electron chi connectivity index (χ0n) is 10.6. The van der Waals surface area contributed by atoms with Crippen LogP contribution in [0.1, 0.15) is 11.1 Å². The first-order valence-electron chi connectivity index (χ1n) is 6.14. The molecule has 106 valence electrons. The van der Waals surface area contributed by atoms with Gasteiger partial charge in [0, 0.05) is 5.46 Å². The van der Waals surface area contributed by atoms with Crippen molar-refractivity contribution in [2.24, 2.45) is 5.16 Å². The second-order valence-electron chi connectivity index (χ2n) is 4.58. The van der Waals surface area contributed by atoms with Crippen LogP contribution in [0.5, 0.6) is 0 Å². The molecule has 7 heteroatoms. The fourth-order valence-corrected chi connectivity index (χ4v) is 2.26. The molecule has 0 bridgehead atoms. The average molecular weight is 291 g/mol. The second kappa shape index (κ2) is 4.93. The average Bonchev–Trinajstić information content (AvgIpc) is 2.46. The Morgan fingerprint density at radius 3 is 2.62 bits per heavy atom. The number of nitrogens with zero attached hydrogens (tertiary/aromatic N) is 1. The van der Waals surface area contributed by atoms with Crippen molar-refractivity contribution in [1.82, 2.24) is 0 Å². The van der Waals surface area contributed by atoms with Gasteiger partial charge in [-0.15, -0.1) is 5.16 Å². The quantitative estimate of drug-likeness (QED) is 0.820. The number of hydrogen-bond donors (Lipinski definition) is 1. The molecule has 1 N–H and O–H groups in total. The number of oxime groups is 1. The molecule has 3 nitrogen and oxygen atoms in total. The fraction of sp³-hybridized carbons (Fsp3) is 0.0714. The summed E-state index contributed by atoms with van der Waals surface area (Å²) in [6, 6.07) is 9.97. The number of rotatable bonds is 1. The minimum atomic E-state index is -4.43. The lowest BCUT2D eigenvalue weighted by Gasteiger charge is -2.16. The van der Waals surface area contributed by atoms with Crippen molar-refractivity contribution in [3.63, 3.8) is 0 Å². The third kappa shape index (κ3) is 2.52. The van der Waals surface area contributed by atoms with E-state index in [0.29, 0.717) is 16.6 Å². The highest BCUT2D eigenvalue weighted by atomic mass is 19.4. The topological polar surface area (TPSA) is 41.8 Å². The van der Waals surface area contributed by atoms with E-state index in [-0.39, 0.29) is 5.56 Å². The van der Waals surface area contributed by atoms with Gasteiger partial charge in [-0.25, -0.2) is 0 Å². The second-order valence-corrected chi connectivity index (χ2v) is 4.58. The van der Waals surface area contributed by atoms with Gasteiger partial charge in [0.2, 0.25) is 0 Å². The number of benzene rings is 2. The molecule has 1 aliphatic rings. The van der Waals surface area contributed by atoms with E-state index in [4.69, 9.17) is 0 Å². The van der Waals surface area contributed by atoms with E-state index in [1.807, 2.05) is 0 Å². The summed E-state index contributed by atoms with van der Waals surface area (Å²) < 4.78 is 43.8. The minimum Gasteiger partial charge on any atom is -0.427 e. The first-order chi connectivity index (χ1) is 9.97. The Bertz CT molecular complexity index is 716. The molecule has 0 amide bonds. The molecule has 0 radical (unpaired) electrons. The smallest absolute Gasteiger partial charge is 0.427 e. The van der Waals surface area contributed by atoms with Crippen molar-refractivity contribution in [2.75, 3.05) is 0 Å². The summed E-state index contributed by atoms with van der Waals surface area (Å²) in [5, 5.41) is 13.1. The van der Waals surface area contributed by atoms with E-state index in [0.717, 1.165) is 6.07 Å². The van der Waals surface area contributed by atoms with Crippen molar-refractivity contribution in [1.29, 1.82) is 0 Å². The number of alkyl halides is 3. The molecule has 1 aliphatic heterocycles. The fourth-order valence-electron chi connectivity index (χ4n) is 2.26. The van der Waals surface area contributed by atoms with Gasteiger partial charge in [0.1, 0.15) is 0 Å². The summed E-state index contributed by atoms with van der Waals surface area (Å²) in [6.45, 7) is 0. The van der Waals surface area contributed by atoms with Gasteiger partial charge >= 0.3 is 13.3 Å². The van der Waals surface area contributed by atoms with Crippen LogP contribution >= 0.6 is 0 Å². The SMILES string of the molecule is OB1ON=Cc2cc(-c3ccccc3C(F)(F)F)ccc21. The lowest BCUT2D eigenvalue weighted by Crippen LogP contribution is -2.37.